The molecule has 1 aromatic carbocycles. The Morgan fingerprint density at radius 1 is 1.38 bits per heavy atom. The fourth-order valence-corrected chi connectivity index (χ4v) is 2.05. The van der Waals surface area contributed by atoms with Gasteiger partial charge < -0.3 is 4.74 Å². The van der Waals surface area contributed by atoms with Gasteiger partial charge in [0.15, 0.2) is 0 Å². The van der Waals surface area contributed by atoms with E-state index in [4.69, 9.17) is 0 Å². The molecular formula is C10H7O2S. The van der Waals surface area contributed by atoms with Crippen molar-refractivity contribution in [3.63, 3.8) is 0 Å². The van der Waals surface area contributed by atoms with Gasteiger partial charge in [-0.2, -0.15) is 0 Å². The summed E-state index contributed by atoms with van der Waals surface area (Å²) in [6.45, 7) is 1.71. The van der Waals surface area contributed by atoms with Gasteiger partial charge in [0, 0.05) is 4.70 Å². The molecule has 0 saturated heterocycles. The molecule has 1 radical (unpaired) electrons. The zero-order valence-electron chi connectivity index (χ0n) is 6.82. The van der Waals surface area contributed by atoms with Crippen LogP contribution in [0, 0.1) is 0 Å². The predicted molar refractivity (Wildman–Crippen MR) is 52.3 cm³/mol. The topological polar surface area (TPSA) is 26.3 Å². The lowest BCUT2D eigenvalue weighted by atomic mass is 10.2. The van der Waals surface area contributed by atoms with Crippen molar-refractivity contribution in [2.75, 3.05) is 0 Å². The van der Waals surface area contributed by atoms with Gasteiger partial charge in [-0.15, -0.1) is 11.3 Å². The van der Waals surface area contributed by atoms with Gasteiger partial charge >= 0.3 is 6.47 Å². The predicted octanol–water partition coefficient (Wildman–Crippen LogP) is 2.49. The molecule has 0 unspecified atom stereocenters. The Bertz CT molecular complexity index is 420. The highest BCUT2D eigenvalue weighted by Gasteiger charge is 1.97. The number of fused-ring (bicyclic) bond motifs is 1. The molecule has 0 aliphatic carbocycles. The lowest BCUT2D eigenvalue weighted by molar-refractivity contribution is 0.267. The minimum absolute atomic E-state index is 0.303. The molecule has 0 bridgehead atoms. The van der Waals surface area contributed by atoms with E-state index in [2.05, 4.69) is 10.8 Å². The van der Waals surface area contributed by atoms with Gasteiger partial charge in [-0.3, -0.25) is 0 Å². The summed E-state index contributed by atoms with van der Waals surface area (Å²) in [6, 6.07) is 8.07. The molecule has 0 amide bonds. The van der Waals surface area contributed by atoms with Crippen molar-refractivity contribution in [1.29, 1.82) is 0 Å². The molecule has 0 fully saturated rings. The molecule has 0 N–H and O–H groups in total. The van der Waals surface area contributed by atoms with Crippen molar-refractivity contribution in [2.24, 2.45) is 0 Å². The normalized spacial score (nSPS) is 10.2. The van der Waals surface area contributed by atoms with E-state index in [1.54, 1.807) is 11.3 Å². The maximum atomic E-state index is 9.85. The standard InChI is InChI=1S/C10H7O2S/c11-7-12-6-8-1-2-9-3-4-13-10(9)5-8/h1-5H,6H2. The average molecular weight is 191 g/mol. The number of carbonyl (C=O) groups excluding carboxylic acids is 1. The Hall–Kier alpha value is -1.35. The average Bonchev–Trinajstić information content (AvgIpc) is 2.61. The van der Waals surface area contributed by atoms with Gasteiger partial charge in [0.25, 0.3) is 0 Å². The Labute approximate surface area is 79.8 Å². The Morgan fingerprint density at radius 3 is 3.15 bits per heavy atom. The number of benzene rings is 1. The zero-order chi connectivity index (χ0) is 9.10. The van der Waals surface area contributed by atoms with Crippen LogP contribution in [0.15, 0.2) is 29.6 Å². The van der Waals surface area contributed by atoms with E-state index in [0.29, 0.717) is 6.61 Å². The van der Waals surface area contributed by atoms with Gasteiger partial charge in [-0.05, 0) is 28.5 Å². The molecule has 2 aromatic rings. The fraction of sp³-hybridized carbons (Fsp3) is 0.100. The molecule has 65 valence electrons. The van der Waals surface area contributed by atoms with Crippen LogP contribution in [0.25, 0.3) is 10.1 Å². The minimum Gasteiger partial charge on any atom is -0.452 e. The molecule has 2 nitrogen and oxygen atoms in total. The van der Waals surface area contributed by atoms with Crippen molar-refractivity contribution in [3.8, 4) is 0 Å². The molecule has 0 atom stereocenters. The quantitative estimate of drug-likeness (QED) is 0.745. The number of hydrogen-bond donors (Lipinski definition) is 0. The van der Waals surface area contributed by atoms with E-state index in [1.165, 1.54) is 16.6 Å². The second kappa shape index (κ2) is 3.58. The lowest BCUT2D eigenvalue weighted by Gasteiger charge is -1.97. The van der Waals surface area contributed by atoms with Gasteiger partial charge in [-0.1, -0.05) is 12.1 Å². The highest BCUT2D eigenvalue weighted by molar-refractivity contribution is 7.17. The Kier molecular flexibility index (Phi) is 2.27. The third-order valence-electron chi connectivity index (χ3n) is 1.82. The van der Waals surface area contributed by atoms with Crippen LogP contribution in [-0.2, 0) is 16.1 Å². The SMILES string of the molecule is O=[C]OCc1ccc2ccsc2c1. The molecule has 2 rings (SSSR count). The van der Waals surface area contributed by atoms with Crippen molar-refractivity contribution in [2.45, 2.75) is 6.61 Å². The number of ether oxygens (including phenoxy) is 1. The van der Waals surface area contributed by atoms with E-state index >= 15 is 0 Å². The zero-order valence-corrected chi connectivity index (χ0v) is 7.64. The first kappa shape index (κ1) is 8.26. The summed E-state index contributed by atoms with van der Waals surface area (Å²) in [7, 11) is 0. The maximum Gasteiger partial charge on any atom is 0.417 e. The second-order valence-electron chi connectivity index (χ2n) is 2.66. The monoisotopic (exact) mass is 191 g/mol. The molecule has 13 heavy (non-hydrogen) atoms. The summed E-state index contributed by atoms with van der Waals surface area (Å²) in [5.74, 6) is 0. The molecule has 0 aliphatic rings. The number of thiophene rings is 1. The molecule has 0 aliphatic heterocycles. The molecule has 3 heteroatoms. The molecular weight excluding hydrogens is 184 g/mol. The molecule has 1 heterocycles. The highest BCUT2D eigenvalue weighted by atomic mass is 32.1. The summed E-state index contributed by atoms with van der Waals surface area (Å²) in [5.41, 5.74) is 0.998. The van der Waals surface area contributed by atoms with Gasteiger partial charge in [-0.25, -0.2) is 4.79 Å². The first-order chi connectivity index (χ1) is 6.40. The molecule has 0 spiro atoms. The summed E-state index contributed by atoms with van der Waals surface area (Å²) in [5, 5.41) is 3.27. The first-order valence-corrected chi connectivity index (χ1v) is 4.73. The Morgan fingerprint density at radius 2 is 2.31 bits per heavy atom. The van der Waals surface area contributed by atoms with E-state index in [-0.39, 0.29) is 0 Å². The van der Waals surface area contributed by atoms with Crippen LogP contribution < -0.4 is 0 Å². The van der Waals surface area contributed by atoms with Crippen LogP contribution >= 0.6 is 11.3 Å². The van der Waals surface area contributed by atoms with Crippen molar-refractivity contribution in [1.82, 2.24) is 0 Å². The van der Waals surface area contributed by atoms with Crippen LogP contribution in [0.4, 0.5) is 0 Å². The van der Waals surface area contributed by atoms with Crippen LogP contribution in [0.2, 0.25) is 0 Å². The van der Waals surface area contributed by atoms with Crippen LogP contribution in [-0.4, -0.2) is 6.47 Å². The van der Waals surface area contributed by atoms with Crippen LogP contribution in [0.1, 0.15) is 5.56 Å². The summed E-state index contributed by atoms with van der Waals surface area (Å²) < 4.78 is 5.76. The Balaban J connectivity index is 2.31. The van der Waals surface area contributed by atoms with Gasteiger partial charge in [0.2, 0.25) is 0 Å². The van der Waals surface area contributed by atoms with Gasteiger partial charge in [0.05, 0.1) is 0 Å². The summed E-state index contributed by atoms with van der Waals surface area (Å²) in [6.07, 6.45) is 0. The lowest BCUT2D eigenvalue weighted by Crippen LogP contribution is -1.88. The summed E-state index contributed by atoms with van der Waals surface area (Å²) >= 11 is 1.68. The van der Waals surface area contributed by atoms with Crippen LogP contribution in [0.5, 0.6) is 0 Å². The summed E-state index contributed by atoms with van der Waals surface area (Å²) in [4.78, 5) is 9.85. The van der Waals surface area contributed by atoms with E-state index in [1.807, 2.05) is 23.6 Å². The highest BCUT2D eigenvalue weighted by Crippen LogP contribution is 2.21. The van der Waals surface area contributed by atoms with E-state index < -0.39 is 0 Å². The number of rotatable bonds is 3. The van der Waals surface area contributed by atoms with E-state index in [9.17, 15) is 4.79 Å². The fourth-order valence-electron chi connectivity index (χ4n) is 1.20. The largest absolute Gasteiger partial charge is 0.452 e. The van der Waals surface area contributed by atoms with Gasteiger partial charge in [0.1, 0.15) is 6.61 Å². The third kappa shape index (κ3) is 1.70. The van der Waals surface area contributed by atoms with Crippen molar-refractivity contribution < 1.29 is 9.53 Å². The maximum absolute atomic E-state index is 9.85. The third-order valence-corrected chi connectivity index (χ3v) is 2.70. The van der Waals surface area contributed by atoms with Crippen molar-refractivity contribution in [3.05, 3.63) is 35.2 Å². The van der Waals surface area contributed by atoms with Crippen LogP contribution in [0.3, 0.4) is 0 Å². The number of hydrogen-bond acceptors (Lipinski definition) is 3. The minimum atomic E-state index is 0.303. The first-order valence-electron chi connectivity index (χ1n) is 3.85. The smallest absolute Gasteiger partial charge is 0.417 e. The van der Waals surface area contributed by atoms with Crippen molar-refractivity contribution >= 4 is 27.9 Å². The second-order valence-corrected chi connectivity index (χ2v) is 3.61. The molecule has 0 saturated carbocycles. The van der Waals surface area contributed by atoms with E-state index in [0.717, 1.165) is 5.56 Å². The molecule has 1 aromatic heterocycles.